The molecule has 1 aliphatic carbocycles. The number of benzene rings is 2. The van der Waals surface area contributed by atoms with Crippen molar-refractivity contribution >= 4 is 29.1 Å². The van der Waals surface area contributed by atoms with E-state index >= 15 is 0 Å². The number of hydrogen-bond acceptors (Lipinski definition) is 3. The summed E-state index contributed by atoms with van der Waals surface area (Å²) in [4.78, 5) is 15.1. The van der Waals surface area contributed by atoms with E-state index in [2.05, 4.69) is 23.3 Å². The van der Waals surface area contributed by atoms with E-state index in [9.17, 15) is 9.90 Å². The Bertz CT molecular complexity index is 935. The molecule has 2 aromatic carbocycles. The van der Waals surface area contributed by atoms with Gasteiger partial charge in [-0.05, 0) is 80.6 Å². The average Bonchev–Trinajstić information content (AvgIpc) is 2.71. The quantitative estimate of drug-likeness (QED) is 0.708. The SMILES string of the molecule is CN1CC[C@@]2(c3cccc(O)c3)C[C@H](NC(=O)Cc3ccc(Cl)c(Cl)c3)CC[C@@H]2C1. The molecule has 2 fully saturated rings. The molecule has 1 saturated carbocycles. The van der Waals surface area contributed by atoms with Crippen LogP contribution in [-0.4, -0.2) is 42.1 Å². The molecule has 2 aliphatic rings. The third-order valence-electron chi connectivity index (χ3n) is 6.86. The molecule has 4 nitrogen and oxygen atoms in total. The summed E-state index contributed by atoms with van der Waals surface area (Å²) in [7, 11) is 2.18. The van der Waals surface area contributed by atoms with Gasteiger partial charge in [0.2, 0.25) is 5.91 Å². The second-order valence-corrected chi connectivity index (χ2v) is 9.70. The Morgan fingerprint density at radius 2 is 2.03 bits per heavy atom. The maximum atomic E-state index is 12.7. The van der Waals surface area contributed by atoms with E-state index in [1.165, 1.54) is 5.56 Å². The molecule has 0 bridgehead atoms. The number of nitrogens with zero attached hydrogens (tertiary/aromatic N) is 1. The number of hydrogen-bond donors (Lipinski definition) is 2. The highest BCUT2D eigenvalue weighted by Crippen LogP contribution is 2.49. The molecule has 2 N–H and O–H groups in total. The fourth-order valence-corrected chi connectivity index (χ4v) is 5.69. The van der Waals surface area contributed by atoms with Gasteiger partial charge in [0.1, 0.15) is 5.75 Å². The van der Waals surface area contributed by atoms with E-state index in [-0.39, 0.29) is 17.4 Å². The summed E-state index contributed by atoms with van der Waals surface area (Å²) in [6.45, 7) is 2.08. The van der Waals surface area contributed by atoms with Gasteiger partial charge in [0.05, 0.1) is 16.5 Å². The molecule has 1 heterocycles. The molecule has 1 aliphatic heterocycles. The predicted octanol–water partition coefficient (Wildman–Crippen LogP) is 4.80. The van der Waals surface area contributed by atoms with Crippen molar-refractivity contribution in [2.45, 2.75) is 43.6 Å². The molecule has 30 heavy (non-hydrogen) atoms. The summed E-state index contributed by atoms with van der Waals surface area (Å²) in [5.41, 5.74) is 2.05. The minimum absolute atomic E-state index is 0.00890. The fraction of sp³-hybridized carbons (Fsp3) is 0.458. The highest BCUT2D eigenvalue weighted by atomic mass is 35.5. The van der Waals surface area contributed by atoms with E-state index in [4.69, 9.17) is 23.2 Å². The molecule has 4 rings (SSSR count). The first-order chi connectivity index (χ1) is 14.4. The van der Waals surface area contributed by atoms with Gasteiger partial charge >= 0.3 is 0 Å². The van der Waals surface area contributed by atoms with Crippen LogP contribution in [0.4, 0.5) is 0 Å². The van der Waals surface area contributed by atoms with Gasteiger partial charge in [-0.2, -0.15) is 0 Å². The summed E-state index contributed by atoms with van der Waals surface area (Å²) in [5.74, 6) is 0.849. The number of nitrogens with one attached hydrogen (secondary N) is 1. The normalized spacial score (nSPS) is 26.8. The third kappa shape index (κ3) is 4.46. The molecule has 1 amide bonds. The Morgan fingerprint density at radius 1 is 1.20 bits per heavy atom. The van der Waals surface area contributed by atoms with E-state index in [1.54, 1.807) is 18.2 Å². The van der Waals surface area contributed by atoms with Crippen LogP contribution in [0, 0.1) is 5.92 Å². The molecular formula is C24H28Cl2N2O2. The van der Waals surface area contributed by atoms with Gasteiger partial charge in [-0.15, -0.1) is 0 Å². The summed E-state index contributed by atoms with van der Waals surface area (Å²) in [5, 5.41) is 14.3. The summed E-state index contributed by atoms with van der Waals surface area (Å²) in [6.07, 6.45) is 4.28. The van der Waals surface area contributed by atoms with Crippen molar-refractivity contribution in [3.8, 4) is 5.75 Å². The molecule has 3 atom stereocenters. The minimum atomic E-state index is -0.00890. The second-order valence-electron chi connectivity index (χ2n) is 8.89. The Morgan fingerprint density at radius 3 is 2.80 bits per heavy atom. The monoisotopic (exact) mass is 446 g/mol. The van der Waals surface area contributed by atoms with Crippen LogP contribution in [-0.2, 0) is 16.6 Å². The first-order valence-corrected chi connectivity index (χ1v) is 11.3. The van der Waals surface area contributed by atoms with Gasteiger partial charge in [-0.3, -0.25) is 4.79 Å². The zero-order valence-corrected chi connectivity index (χ0v) is 18.7. The van der Waals surface area contributed by atoms with Crippen molar-refractivity contribution in [1.82, 2.24) is 10.2 Å². The molecule has 0 aromatic heterocycles. The van der Waals surface area contributed by atoms with Crippen LogP contribution in [0.3, 0.4) is 0 Å². The Balaban J connectivity index is 1.50. The van der Waals surface area contributed by atoms with Gasteiger partial charge in [0, 0.05) is 18.0 Å². The standard InChI is InChI=1S/C24H28Cl2N2O2/c1-28-10-9-24(17-3-2-4-20(29)13-17)14-19(7-6-18(24)15-28)27-23(30)12-16-5-8-21(25)22(26)11-16/h2-5,8,11,13,18-19,29H,6-7,9-10,12,14-15H2,1H3,(H,27,30)/t18-,19-,24+/m1/s1. The van der Waals surface area contributed by atoms with Crippen molar-refractivity contribution < 1.29 is 9.90 Å². The Labute approximate surface area is 188 Å². The second kappa shape index (κ2) is 8.78. The average molecular weight is 447 g/mol. The lowest BCUT2D eigenvalue weighted by molar-refractivity contribution is -0.121. The van der Waals surface area contributed by atoms with Crippen LogP contribution >= 0.6 is 23.2 Å². The van der Waals surface area contributed by atoms with E-state index < -0.39 is 0 Å². The number of phenols is 1. The number of carbonyl (C=O) groups is 1. The van der Waals surface area contributed by atoms with Crippen molar-refractivity contribution in [1.29, 1.82) is 0 Å². The Kier molecular flexibility index (Phi) is 6.29. The lowest BCUT2D eigenvalue weighted by Crippen LogP contribution is -2.55. The third-order valence-corrected chi connectivity index (χ3v) is 7.60. The van der Waals surface area contributed by atoms with Crippen molar-refractivity contribution in [3.05, 3.63) is 63.6 Å². The highest BCUT2D eigenvalue weighted by Gasteiger charge is 2.47. The number of fused-ring (bicyclic) bond motifs is 1. The maximum absolute atomic E-state index is 12.7. The van der Waals surface area contributed by atoms with Crippen LogP contribution in [0.5, 0.6) is 5.75 Å². The largest absolute Gasteiger partial charge is 0.508 e. The molecule has 1 saturated heterocycles. The van der Waals surface area contributed by atoms with Crippen molar-refractivity contribution in [3.63, 3.8) is 0 Å². The predicted molar refractivity (Wildman–Crippen MR) is 121 cm³/mol. The van der Waals surface area contributed by atoms with Crippen molar-refractivity contribution in [2.24, 2.45) is 5.92 Å². The van der Waals surface area contributed by atoms with Crippen LogP contribution in [0.15, 0.2) is 42.5 Å². The summed E-state index contributed by atoms with van der Waals surface area (Å²) in [6, 6.07) is 13.2. The van der Waals surface area contributed by atoms with Gasteiger partial charge in [-0.25, -0.2) is 0 Å². The van der Waals surface area contributed by atoms with Gasteiger partial charge < -0.3 is 15.3 Å². The van der Waals surface area contributed by atoms with Crippen molar-refractivity contribution in [2.75, 3.05) is 20.1 Å². The van der Waals surface area contributed by atoms with E-state index in [0.717, 1.165) is 44.3 Å². The first-order valence-electron chi connectivity index (χ1n) is 10.6. The highest BCUT2D eigenvalue weighted by molar-refractivity contribution is 6.42. The zero-order valence-electron chi connectivity index (χ0n) is 17.2. The first kappa shape index (κ1) is 21.5. The number of piperidine rings is 1. The van der Waals surface area contributed by atoms with E-state index in [1.807, 2.05) is 18.2 Å². The molecule has 160 valence electrons. The fourth-order valence-electron chi connectivity index (χ4n) is 5.37. The van der Waals surface area contributed by atoms with Gasteiger partial charge in [0.25, 0.3) is 0 Å². The minimum Gasteiger partial charge on any atom is -0.508 e. The lowest BCUT2D eigenvalue weighted by atomic mass is 9.58. The summed E-state index contributed by atoms with van der Waals surface area (Å²) < 4.78 is 0. The number of rotatable bonds is 4. The van der Waals surface area contributed by atoms with Gasteiger partial charge in [-0.1, -0.05) is 41.4 Å². The molecule has 0 radical (unpaired) electrons. The number of aromatic hydroxyl groups is 1. The molecule has 2 aromatic rings. The number of likely N-dealkylation sites (tertiary alicyclic amines) is 1. The van der Waals surface area contributed by atoms with Crippen LogP contribution < -0.4 is 5.32 Å². The topological polar surface area (TPSA) is 52.6 Å². The Hall–Kier alpha value is -1.75. The summed E-state index contributed by atoms with van der Waals surface area (Å²) >= 11 is 12.1. The number of amides is 1. The number of carbonyl (C=O) groups excluding carboxylic acids is 1. The van der Waals surface area contributed by atoms with Crippen LogP contribution in [0.25, 0.3) is 0 Å². The zero-order chi connectivity index (χ0) is 21.3. The molecule has 0 unspecified atom stereocenters. The molecule has 0 spiro atoms. The van der Waals surface area contributed by atoms with Crippen LogP contribution in [0.2, 0.25) is 10.0 Å². The smallest absolute Gasteiger partial charge is 0.224 e. The van der Waals surface area contributed by atoms with E-state index in [0.29, 0.717) is 28.1 Å². The molecular weight excluding hydrogens is 419 g/mol. The number of phenolic OH excluding ortho intramolecular Hbond substituents is 1. The molecule has 6 heteroatoms. The lowest BCUT2D eigenvalue weighted by Gasteiger charge is -2.52. The van der Waals surface area contributed by atoms with Gasteiger partial charge in [0.15, 0.2) is 0 Å². The maximum Gasteiger partial charge on any atom is 0.224 e. The number of halogens is 2. The van der Waals surface area contributed by atoms with Crippen LogP contribution in [0.1, 0.15) is 36.8 Å².